The molecule has 0 spiro atoms. The van der Waals surface area contributed by atoms with Crippen molar-refractivity contribution in [2.45, 2.75) is 37.7 Å². The summed E-state index contributed by atoms with van der Waals surface area (Å²) in [6.45, 7) is 3.21. The van der Waals surface area contributed by atoms with E-state index in [-0.39, 0.29) is 5.22 Å². The van der Waals surface area contributed by atoms with E-state index in [1.165, 1.54) is 0 Å². The predicted octanol–water partition coefficient (Wildman–Crippen LogP) is -0.397. The van der Waals surface area contributed by atoms with E-state index in [9.17, 15) is 5.11 Å². The summed E-state index contributed by atoms with van der Waals surface area (Å²) in [5.74, 6) is 0. The molecule has 1 saturated heterocycles. The maximum atomic E-state index is 9.62. The van der Waals surface area contributed by atoms with Crippen LogP contribution in [0.4, 0.5) is 0 Å². The van der Waals surface area contributed by atoms with Crippen molar-refractivity contribution in [3.05, 3.63) is 0 Å². The van der Waals surface area contributed by atoms with Crippen LogP contribution in [0.3, 0.4) is 0 Å². The Hall–Kier alpha value is 0.0969. The van der Waals surface area contributed by atoms with E-state index in [2.05, 4.69) is 0 Å². The number of ether oxygens (including phenoxy) is 2. The Morgan fingerprint density at radius 2 is 2.42 bits per heavy atom. The summed E-state index contributed by atoms with van der Waals surface area (Å²) < 4.78 is 10.7. The lowest BCUT2D eigenvalue weighted by molar-refractivity contribution is -0.207. The van der Waals surface area contributed by atoms with Gasteiger partial charge in [0, 0.05) is 23.5 Å². The van der Waals surface area contributed by atoms with E-state index < -0.39 is 6.29 Å². The molecule has 1 aliphatic rings. The molecule has 1 aliphatic heterocycles. The first-order chi connectivity index (χ1) is 5.69. The summed E-state index contributed by atoms with van der Waals surface area (Å²) in [5, 5.41) is 9.28. The van der Waals surface area contributed by atoms with Gasteiger partial charge in [0.2, 0.25) is 0 Å². The molecule has 1 rings (SSSR count). The molecule has 0 bridgehead atoms. The van der Waals surface area contributed by atoms with Gasteiger partial charge in [0.15, 0.2) is 6.29 Å². The van der Waals surface area contributed by atoms with Crippen LogP contribution in [0.2, 0.25) is 0 Å². The largest absolute Gasteiger partial charge is 0.374 e. The minimum atomic E-state index is -0.713. The highest BCUT2D eigenvalue weighted by molar-refractivity contribution is 6.14. The number of aliphatic hydroxyl groups is 1. The summed E-state index contributed by atoms with van der Waals surface area (Å²) in [4.78, 5) is 0. The average molecular weight is 190 g/mol. The van der Waals surface area contributed by atoms with Gasteiger partial charge in [-0.3, -0.25) is 0 Å². The summed E-state index contributed by atoms with van der Waals surface area (Å²) in [6, 6.07) is 0. The van der Waals surface area contributed by atoms with Gasteiger partial charge in [-0.05, 0) is 26.2 Å². The highest BCUT2D eigenvalue weighted by Crippen LogP contribution is 2.25. The van der Waals surface area contributed by atoms with Gasteiger partial charge in [-0.1, -0.05) is 0 Å². The topological polar surface area (TPSA) is 38.7 Å². The van der Waals surface area contributed by atoms with Crippen LogP contribution in [0.5, 0.6) is 0 Å². The van der Waals surface area contributed by atoms with Crippen molar-refractivity contribution in [2.75, 3.05) is 13.2 Å². The second-order valence-electron chi connectivity index (χ2n) is 3.43. The SMILES string of the molecule is CCOC(O)C1([SiH3])CCCCO1. The Kier molecular flexibility index (Phi) is 3.70. The molecular formula is C8H18O3Si. The molecule has 2 unspecified atom stereocenters. The van der Waals surface area contributed by atoms with E-state index in [1.54, 1.807) is 0 Å². The van der Waals surface area contributed by atoms with Gasteiger partial charge in [-0.2, -0.15) is 0 Å². The lowest BCUT2D eigenvalue weighted by Gasteiger charge is -2.37. The maximum Gasteiger partial charge on any atom is 0.179 e. The van der Waals surface area contributed by atoms with Gasteiger partial charge >= 0.3 is 0 Å². The van der Waals surface area contributed by atoms with Crippen LogP contribution in [-0.4, -0.2) is 40.1 Å². The fourth-order valence-corrected chi connectivity index (χ4v) is 2.21. The molecule has 0 aromatic rings. The van der Waals surface area contributed by atoms with Crippen molar-refractivity contribution in [1.29, 1.82) is 0 Å². The smallest absolute Gasteiger partial charge is 0.179 e. The summed E-state index contributed by atoms with van der Waals surface area (Å²) in [6.07, 6.45) is 2.49. The van der Waals surface area contributed by atoms with Crippen LogP contribution in [0.1, 0.15) is 26.2 Å². The Labute approximate surface area is 76.5 Å². The molecule has 3 nitrogen and oxygen atoms in total. The normalized spacial score (nSPS) is 33.5. The first-order valence-corrected chi connectivity index (χ1v) is 5.62. The van der Waals surface area contributed by atoms with Crippen molar-refractivity contribution in [2.24, 2.45) is 0 Å². The third kappa shape index (κ3) is 2.29. The van der Waals surface area contributed by atoms with Crippen LogP contribution in [0.25, 0.3) is 0 Å². The minimum absolute atomic E-state index is 0.339. The maximum absolute atomic E-state index is 9.62. The Bertz CT molecular complexity index is 134. The van der Waals surface area contributed by atoms with Crippen LogP contribution in [0, 0.1) is 0 Å². The van der Waals surface area contributed by atoms with Crippen molar-refractivity contribution in [3.63, 3.8) is 0 Å². The van der Waals surface area contributed by atoms with E-state index >= 15 is 0 Å². The van der Waals surface area contributed by atoms with Crippen molar-refractivity contribution >= 4 is 10.2 Å². The summed E-state index contributed by atoms with van der Waals surface area (Å²) in [7, 11) is 0.831. The van der Waals surface area contributed by atoms with Crippen LogP contribution in [0.15, 0.2) is 0 Å². The van der Waals surface area contributed by atoms with Gasteiger partial charge in [0.1, 0.15) is 0 Å². The van der Waals surface area contributed by atoms with Gasteiger partial charge in [0.25, 0.3) is 0 Å². The predicted molar refractivity (Wildman–Crippen MR) is 50.1 cm³/mol. The molecule has 2 atom stereocenters. The molecule has 1 N–H and O–H groups in total. The van der Waals surface area contributed by atoms with Crippen molar-refractivity contribution in [3.8, 4) is 0 Å². The fourth-order valence-electron chi connectivity index (χ4n) is 1.48. The standard InChI is InChI=1S/C8H18O3Si/c1-2-10-7(9)8(12)5-3-4-6-11-8/h7,9H,2-6H2,1,12H3. The Morgan fingerprint density at radius 1 is 1.67 bits per heavy atom. The van der Waals surface area contributed by atoms with Crippen LogP contribution < -0.4 is 0 Å². The minimum Gasteiger partial charge on any atom is -0.374 e. The molecule has 1 heterocycles. The quantitative estimate of drug-likeness (QED) is 0.486. The first-order valence-electron chi connectivity index (χ1n) is 4.62. The average Bonchev–Trinajstić information content (AvgIpc) is 2.06. The van der Waals surface area contributed by atoms with Crippen molar-refractivity contribution in [1.82, 2.24) is 0 Å². The lowest BCUT2D eigenvalue weighted by atomic mass is 10.1. The molecule has 0 saturated carbocycles. The molecule has 0 aromatic heterocycles. The van der Waals surface area contributed by atoms with E-state index in [1.807, 2.05) is 6.92 Å². The van der Waals surface area contributed by atoms with Gasteiger partial charge < -0.3 is 14.6 Å². The molecule has 4 heteroatoms. The monoisotopic (exact) mass is 190 g/mol. The molecule has 12 heavy (non-hydrogen) atoms. The van der Waals surface area contributed by atoms with Crippen molar-refractivity contribution < 1.29 is 14.6 Å². The zero-order valence-corrected chi connectivity index (χ0v) is 9.88. The molecule has 1 fully saturated rings. The first kappa shape index (κ1) is 10.2. The third-order valence-electron chi connectivity index (χ3n) is 2.35. The van der Waals surface area contributed by atoms with Crippen LogP contribution in [-0.2, 0) is 9.47 Å². The number of hydrogen-bond donors (Lipinski definition) is 1. The second-order valence-corrected chi connectivity index (χ2v) is 5.12. The molecule has 0 aliphatic carbocycles. The molecular weight excluding hydrogens is 172 g/mol. The highest BCUT2D eigenvalue weighted by atomic mass is 28.1. The third-order valence-corrected chi connectivity index (χ3v) is 3.63. The summed E-state index contributed by atoms with van der Waals surface area (Å²) >= 11 is 0. The molecule has 72 valence electrons. The van der Waals surface area contributed by atoms with Crippen LogP contribution >= 0.6 is 0 Å². The van der Waals surface area contributed by atoms with Gasteiger partial charge in [0.05, 0.1) is 5.22 Å². The lowest BCUT2D eigenvalue weighted by Crippen LogP contribution is -2.49. The zero-order chi connectivity index (χ0) is 9.03. The zero-order valence-electron chi connectivity index (χ0n) is 7.88. The molecule has 0 amide bonds. The summed E-state index contributed by atoms with van der Waals surface area (Å²) in [5.41, 5.74) is 0. The number of rotatable bonds is 3. The van der Waals surface area contributed by atoms with Gasteiger partial charge in [-0.15, -0.1) is 0 Å². The number of hydrogen-bond acceptors (Lipinski definition) is 3. The van der Waals surface area contributed by atoms with E-state index in [0.717, 1.165) is 36.1 Å². The number of aliphatic hydroxyl groups excluding tert-OH is 1. The Balaban J connectivity index is 2.44. The Morgan fingerprint density at radius 3 is 2.92 bits per heavy atom. The molecule has 0 radical (unpaired) electrons. The van der Waals surface area contributed by atoms with Gasteiger partial charge in [-0.25, -0.2) is 0 Å². The molecule has 0 aromatic carbocycles. The second kappa shape index (κ2) is 4.37. The van der Waals surface area contributed by atoms with E-state index in [4.69, 9.17) is 9.47 Å². The fraction of sp³-hybridized carbons (Fsp3) is 1.00. The highest BCUT2D eigenvalue weighted by Gasteiger charge is 2.35. The van der Waals surface area contributed by atoms with E-state index in [0.29, 0.717) is 6.61 Å².